The van der Waals surface area contributed by atoms with Crippen LogP contribution in [0.25, 0.3) is 6.08 Å². The summed E-state index contributed by atoms with van der Waals surface area (Å²) in [5.41, 5.74) is 6.63. The Kier molecular flexibility index (Phi) is 12.4. The number of nitriles is 1. The van der Waals surface area contributed by atoms with Crippen LogP contribution in [0.4, 0.5) is 10.7 Å². The molecule has 1 heterocycles. The number of nitrogens with one attached hydrogen (secondary N) is 3. The minimum absolute atomic E-state index is 0.0859. The average Bonchev–Trinajstić information content (AvgIpc) is 3.59. The summed E-state index contributed by atoms with van der Waals surface area (Å²) in [6.45, 7) is 4.23. The Morgan fingerprint density at radius 1 is 0.807 bits per heavy atom. The van der Waals surface area contributed by atoms with Gasteiger partial charge in [-0.3, -0.25) is 14.4 Å². The lowest BCUT2D eigenvalue weighted by Crippen LogP contribution is -2.30. The van der Waals surface area contributed by atoms with Gasteiger partial charge in [0.05, 0.1) is 5.56 Å². The first-order valence-corrected chi connectivity index (χ1v) is 20.7. The highest BCUT2D eigenvalue weighted by atomic mass is 32.2. The standard InChI is InChI=1S/C48H42N4O3S2/c1-31(2)33-23-21-32(22-24-33)27-42(51-45(53)36-17-10-5-11-18-36)46(54)50-38-19-12-20-39(29-38)56-44(35-15-8-4-9-16-35)47(55)52-48-41(30-49)40-26-25-37(28-43(40)57-48)34-13-6-3-7-14-34/h3-24,27,29,31,37,44H,25-26,28H2,1-2H3,(H,50,54)(H,51,53)(H,52,55)/b42-27+. The van der Waals surface area contributed by atoms with Crippen molar-refractivity contribution in [2.45, 2.75) is 55.1 Å². The second-order valence-electron chi connectivity index (χ2n) is 14.2. The van der Waals surface area contributed by atoms with Gasteiger partial charge in [0, 0.05) is 21.0 Å². The Hall–Kier alpha value is -6.21. The van der Waals surface area contributed by atoms with Gasteiger partial charge >= 0.3 is 0 Å². The number of thioether (sulfide) groups is 1. The Morgan fingerprint density at radius 2 is 1.49 bits per heavy atom. The molecule has 1 aliphatic carbocycles. The fourth-order valence-corrected chi connectivity index (χ4v) is 9.31. The molecule has 2 unspecified atom stereocenters. The summed E-state index contributed by atoms with van der Waals surface area (Å²) in [6.07, 6.45) is 4.24. The summed E-state index contributed by atoms with van der Waals surface area (Å²) in [4.78, 5) is 43.2. The van der Waals surface area contributed by atoms with E-state index in [-0.39, 0.29) is 11.6 Å². The zero-order chi connectivity index (χ0) is 39.7. The van der Waals surface area contributed by atoms with Crippen LogP contribution in [0.15, 0.2) is 150 Å². The highest BCUT2D eigenvalue weighted by Gasteiger charge is 2.29. The summed E-state index contributed by atoms with van der Waals surface area (Å²) in [5.74, 6) is -0.417. The molecule has 2 atom stereocenters. The SMILES string of the molecule is CC(C)c1ccc(/C=C(/NC(=O)c2ccccc2)C(=O)Nc2cccc(SC(C(=O)Nc3sc4c(c3C#N)CCC(c3ccccc3)C4)c3ccccc3)c2)cc1. The number of hydrogen-bond acceptors (Lipinski definition) is 6. The van der Waals surface area contributed by atoms with E-state index in [9.17, 15) is 19.6 Å². The number of carbonyl (C=O) groups excluding carboxylic acids is 3. The number of nitrogens with zero attached hydrogens (tertiary/aromatic N) is 1. The largest absolute Gasteiger partial charge is 0.321 e. The monoisotopic (exact) mass is 786 g/mol. The minimum Gasteiger partial charge on any atom is -0.321 e. The highest BCUT2D eigenvalue weighted by molar-refractivity contribution is 8.00. The van der Waals surface area contributed by atoms with Gasteiger partial charge in [-0.05, 0) is 95.3 Å². The molecule has 7 rings (SSSR count). The van der Waals surface area contributed by atoms with Gasteiger partial charge in [0.15, 0.2) is 0 Å². The van der Waals surface area contributed by atoms with E-state index >= 15 is 0 Å². The lowest BCUT2D eigenvalue weighted by atomic mass is 9.83. The van der Waals surface area contributed by atoms with Gasteiger partial charge in [-0.25, -0.2) is 0 Å². The van der Waals surface area contributed by atoms with Crippen LogP contribution < -0.4 is 16.0 Å². The van der Waals surface area contributed by atoms with Crippen LogP contribution in [-0.2, 0) is 22.4 Å². The summed E-state index contributed by atoms with van der Waals surface area (Å²) >= 11 is 2.86. The molecule has 0 radical (unpaired) electrons. The number of benzene rings is 5. The molecular weight excluding hydrogens is 745 g/mol. The second kappa shape index (κ2) is 18.2. The number of amides is 3. The number of carbonyl (C=O) groups is 3. The molecule has 0 saturated carbocycles. The number of rotatable bonds is 12. The maximum atomic E-state index is 14.2. The Bertz CT molecular complexity index is 2440. The molecule has 57 heavy (non-hydrogen) atoms. The van der Waals surface area contributed by atoms with Crippen molar-refractivity contribution in [2.75, 3.05) is 10.6 Å². The van der Waals surface area contributed by atoms with E-state index in [2.05, 4.69) is 60.1 Å². The van der Waals surface area contributed by atoms with E-state index in [1.807, 2.05) is 84.9 Å². The van der Waals surface area contributed by atoms with Crippen molar-refractivity contribution in [3.8, 4) is 6.07 Å². The normalized spacial score (nSPS) is 14.2. The molecule has 0 bridgehead atoms. The quantitative estimate of drug-likeness (QED) is 0.0845. The maximum Gasteiger partial charge on any atom is 0.272 e. The molecule has 3 amide bonds. The van der Waals surface area contributed by atoms with Crippen LogP contribution in [0.3, 0.4) is 0 Å². The van der Waals surface area contributed by atoms with Crippen molar-refractivity contribution in [1.82, 2.24) is 5.32 Å². The summed E-state index contributed by atoms with van der Waals surface area (Å²) < 4.78 is 0. The lowest BCUT2D eigenvalue weighted by Gasteiger charge is -2.22. The van der Waals surface area contributed by atoms with Crippen molar-refractivity contribution >= 4 is 57.6 Å². The van der Waals surface area contributed by atoms with Gasteiger partial charge in [0.1, 0.15) is 22.0 Å². The predicted octanol–water partition coefficient (Wildman–Crippen LogP) is 10.9. The maximum absolute atomic E-state index is 14.2. The van der Waals surface area contributed by atoms with Gasteiger partial charge in [0.2, 0.25) is 5.91 Å². The van der Waals surface area contributed by atoms with Crippen LogP contribution >= 0.6 is 23.1 Å². The number of fused-ring (bicyclic) bond motifs is 1. The van der Waals surface area contributed by atoms with E-state index in [0.29, 0.717) is 33.7 Å². The first kappa shape index (κ1) is 39.0. The van der Waals surface area contributed by atoms with Crippen LogP contribution in [0, 0.1) is 11.3 Å². The third-order valence-electron chi connectivity index (χ3n) is 10.0. The molecule has 284 valence electrons. The zero-order valence-corrected chi connectivity index (χ0v) is 33.3. The first-order valence-electron chi connectivity index (χ1n) is 19.0. The summed E-state index contributed by atoms with van der Waals surface area (Å²) in [6, 6.07) is 46.3. The molecule has 0 saturated heterocycles. The number of hydrogen-bond donors (Lipinski definition) is 3. The number of thiophene rings is 1. The molecule has 0 fully saturated rings. The van der Waals surface area contributed by atoms with E-state index < -0.39 is 17.1 Å². The van der Waals surface area contributed by atoms with Gasteiger partial charge in [-0.2, -0.15) is 5.26 Å². The Morgan fingerprint density at radius 3 is 2.18 bits per heavy atom. The highest BCUT2D eigenvalue weighted by Crippen LogP contribution is 2.44. The molecule has 5 aromatic carbocycles. The summed E-state index contributed by atoms with van der Waals surface area (Å²) in [5, 5.41) is 19.1. The van der Waals surface area contributed by atoms with Crippen LogP contribution in [0.2, 0.25) is 0 Å². The molecule has 6 aromatic rings. The molecule has 0 spiro atoms. The average molecular weight is 787 g/mol. The van der Waals surface area contributed by atoms with Crippen molar-refractivity contribution in [1.29, 1.82) is 5.26 Å². The zero-order valence-electron chi connectivity index (χ0n) is 31.7. The molecule has 9 heteroatoms. The van der Waals surface area contributed by atoms with Crippen molar-refractivity contribution in [2.24, 2.45) is 0 Å². The van der Waals surface area contributed by atoms with Crippen LogP contribution in [0.1, 0.15) is 86.0 Å². The third-order valence-corrected chi connectivity index (χ3v) is 12.4. The van der Waals surface area contributed by atoms with E-state index in [1.165, 1.54) is 34.2 Å². The van der Waals surface area contributed by atoms with Gasteiger partial charge in [-0.1, -0.05) is 123 Å². The Balaban J connectivity index is 1.11. The third kappa shape index (κ3) is 9.61. The van der Waals surface area contributed by atoms with Gasteiger partial charge < -0.3 is 16.0 Å². The molecule has 3 N–H and O–H groups in total. The van der Waals surface area contributed by atoms with Crippen molar-refractivity contribution in [3.63, 3.8) is 0 Å². The van der Waals surface area contributed by atoms with E-state index in [4.69, 9.17) is 0 Å². The second-order valence-corrected chi connectivity index (χ2v) is 16.5. The molecule has 1 aliphatic rings. The summed E-state index contributed by atoms with van der Waals surface area (Å²) in [7, 11) is 0. The smallest absolute Gasteiger partial charge is 0.272 e. The minimum atomic E-state index is -0.658. The molecule has 0 aliphatic heterocycles. The predicted molar refractivity (Wildman–Crippen MR) is 231 cm³/mol. The Labute approximate surface area is 341 Å². The first-order chi connectivity index (χ1) is 27.7. The van der Waals surface area contributed by atoms with Crippen LogP contribution in [0.5, 0.6) is 0 Å². The van der Waals surface area contributed by atoms with Crippen LogP contribution in [-0.4, -0.2) is 17.7 Å². The van der Waals surface area contributed by atoms with Crippen molar-refractivity contribution < 1.29 is 14.4 Å². The lowest BCUT2D eigenvalue weighted by molar-refractivity contribution is -0.116. The number of anilines is 2. The molecule has 7 nitrogen and oxygen atoms in total. The topological polar surface area (TPSA) is 111 Å². The molecule has 1 aromatic heterocycles. The van der Waals surface area contributed by atoms with E-state index in [1.54, 1.807) is 36.4 Å². The fraction of sp³-hybridized carbons (Fsp3) is 0.167. The van der Waals surface area contributed by atoms with Crippen molar-refractivity contribution in [3.05, 3.63) is 189 Å². The fourth-order valence-electron chi connectivity index (χ4n) is 6.95. The van der Waals surface area contributed by atoms with Gasteiger partial charge in [0.25, 0.3) is 11.8 Å². The van der Waals surface area contributed by atoms with Gasteiger partial charge in [-0.15, -0.1) is 23.1 Å². The molecular formula is C48H42N4O3S2. The van der Waals surface area contributed by atoms with E-state index in [0.717, 1.165) is 45.7 Å².